The fourth-order valence-electron chi connectivity index (χ4n) is 3.23. The zero-order chi connectivity index (χ0) is 19.9. The second kappa shape index (κ2) is 9.15. The first-order valence-electron chi connectivity index (χ1n) is 9.73. The lowest BCUT2D eigenvalue weighted by molar-refractivity contribution is -0.118. The van der Waals surface area contributed by atoms with Crippen LogP contribution in [0.1, 0.15) is 17.7 Å². The summed E-state index contributed by atoms with van der Waals surface area (Å²) in [4.78, 5) is 14.8. The van der Waals surface area contributed by atoms with Crippen molar-refractivity contribution in [3.05, 3.63) is 84.3 Å². The van der Waals surface area contributed by atoms with Gasteiger partial charge in [0, 0.05) is 31.1 Å². The Kier molecular flexibility index (Phi) is 5.95. The van der Waals surface area contributed by atoms with E-state index in [1.165, 1.54) is 0 Å². The minimum absolute atomic E-state index is 0.0239. The van der Waals surface area contributed by atoms with Gasteiger partial charge in [-0.1, -0.05) is 42.5 Å². The molecule has 148 valence electrons. The Hall–Kier alpha value is -3.47. The maximum atomic E-state index is 13.0. The van der Waals surface area contributed by atoms with Crippen LogP contribution < -0.4 is 14.4 Å². The minimum Gasteiger partial charge on any atom is -0.486 e. The Morgan fingerprint density at radius 2 is 1.79 bits per heavy atom. The number of fused-ring (bicyclic) bond motifs is 1. The summed E-state index contributed by atoms with van der Waals surface area (Å²) in [5, 5.41) is 0. The molecule has 0 atom stereocenters. The second-order valence-electron chi connectivity index (χ2n) is 6.72. The molecule has 1 aliphatic heterocycles. The van der Waals surface area contributed by atoms with Gasteiger partial charge < -0.3 is 18.8 Å². The number of ether oxygens (including phenoxy) is 2. The van der Waals surface area contributed by atoms with E-state index in [1.807, 2.05) is 72.8 Å². The first-order chi connectivity index (χ1) is 14.3. The third-order valence-electron chi connectivity index (χ3n) is 4.70. The lowest BCUT2D eigenvalue weighted by Crippen LogP contribution is -2.31. The monoisotopic (exact) mass is 389 g/mol. The molecule has 29 heavy (non-hydrogen) atoms. The molecule has 0 N–H and O–H groups in total. The highest BCUT2D eigenvalue weighted by molar-refractivity contribution is 5.94. The van der Waals surface area contributed by atoms with Crippen molar-refractivity contribution in [3.63, 3.8) is 0 Å². The zero-order valence-corrected chi connectivity index (χ0v) is 16.1. The van der Waals surface area contributed by atoms with Crippen LogP contribution >= 0.6 is 0 Å². The van der Waals surface area contributed by atoms with Gasteiger partial charge in [-0.05, 0) is 29.8 Å². The summed E-state index contributed by atoms with van der Waals surface area (Å²) in [5.41, 5.74) is 1.88. The minimum atomic E-state index is 0.0239. The van der Waals surface area contributed by atoms with Crippen LogP contribution in [0.5, 0.6) is 11.5 Å². The first kappa shape index (κ1) is 18.9. The molecule has 0 fully saturated rings. The summed E-state index contributed by atoms with van der Waals surface area (Å²) >= 11 is 0. The van der Waals surface area contributed by atoms with Crippen molar-refractivity contribution < 1.29 is 18.7 Å². The molecule has 5 heteroatoms. The van der Waals surface area contributed by atoms with Crippen LogP contribution in [0.3, 0.4) is 0 Å². The van der Waals surface area contributed by atoms with Crippen molar-refractivity contribution in [2.45, 2.75) is 12.8 Å². The number of carbonyl (C=O) groups is 1. The predicted molar refractivity (Wildman–Crippen MR) is 112 cm³/mol. The maximum Gasteiger partial charge on any atom is 0.227 e. The van der Waals surface area contributed by atoms with E-state index in [4.69, 9.17) is 13.9 Å². The molecule has 1 amide bonds. The quantitative estimate of drug-likeness (QED) is 0.586. The maximum absolute atomic E-state index is 13.0. The van der Waals surface area contributed by atoms with Gasteiger partial charge >= 0.3 is 0 Å². The highest BCUT2D eigenvalue weighted by atomic mass is 16.6. The molecule has 0 radical (unpaired) electrons. The van der Waals surface area contributed by atoms with Crippen LogP contribution in [0.25, 0.3) is 6.08 Å². The van der Waals surface area contributed by atoms with E-state index < -0.39 is 0 Å². The molecule has 0 aliphatic carbocycles. The summed E-state index contributed by atoms with van der Waals surface area (Å²) in [6, 6.07) is 19.4. The molecule has 0 saturated carbocycles. The summed E-state index contributed by atoms with van der Waals surface area (Å²) in [6.45, 7) is 1.51. The van der Waals surface area contributed by atoms with E-state index in [-0.39, 0.29) is 5.91 Å². The molecule has 0 saturated heterocycles. The number of aryl methyl sites for hydroxylation is 1. The van der Waals surface area contributed by atoms with Crippen molar-refractivity contribution in [1.29, 1.82) is 0 Å². The fraction of sp³-hybridized carbons (Fsp3) is 0.208. The van der Waals surface area contributed by atoms with Crippen molar-refractivity contribution in [3.8, 4) is 11.5 Å². The fourth-order valence-corrected chi connectivity index (χ4v) is 3.23. The molecule has 0 spiro atoms. The number of carbonyl (C=O) groups excluding carboxylic acids is 1. The Morgan fingerprint density at radius 3 is 2.59 bits per heavy atom. The Labute approximate surface area is 170 Å². The number of amides is 1. The normalized spacial score (nSPS) is 12.8. The van der Waals surface area contributed by atoms with E-state index in [0.717, 1.165) is 17.0 Å². The Balaban J connectivity index is 1.52. The number of hydrogen-bond donors (Lipinski definition) is 0. The number of furan rings is 1. The van der Waals surface area contributed by atoms with Gasteiger partial charge in [0.15, 0.2) is 11.5 Å². The van der Waals surface area contributed by atoms with Crippen LogP contribution in [-0.4, -0.2) is 25.7 Å². The number of anilines is 1. The van der Waals surface area contributed by atoms with Gasteiger partial charge in [0.05, 0.1) is 6.26 Å². The van der Waals surface area contributed by atoms with Gasteiger partial charge in [-0.2, -0.15) is 0 Å². The molecule has 1 aliphatic rings. The van der Waals surface area contributed by atoms with E-state index in [1.54, 1.807) is 11.2 Å². The van der Waals surface area contributed by atoms with Crippen molar-refractivity contribution in [1.82, 2.24) is 0 Å². The van der Waals surface area contributed by atoms with Gasteiger partial charge in [-0.15, -0.1) is 0 Å². The standard InChI is InChI=1S/C24H23NO4/c26-24(13-11-21-9-5-15-27-21)25(14-4-8-19-6-2-1-3-7-19)20-10-12-22-23(18-20)29-17-16-28-22/h1-10,12,15,18H,11,13-14,16-17H2. The van der Waals surface area contributed by atoms with Crippen molar-refractivity contribution >= 4 is 17.7 Å². The molecular formula is C24H23NO4. The Morgan fingerprint density at radius 1 is 0.966 bits per heavy atom. The highest BCUT2D eigenvalue weighted by Gasteiger charge is 2.19. The van der Waals surface area contributed by atoms with Gasteiger partial charge in [0.2, 0.25) is 5.91 Å². The van der Waals surface area contributed by atoms with E-state index in [2.05, 4.69) is 0 Å². The average molecular weight is 389 g/mol. The smallest absolute Gasteiger partial charge is 0.227 e. The van der Waals surface area contributed by atoms with E-state index in [9.17, 15) is 4.79 Å². The molecular weight excluding hydrogens is 366 g/mol. The van der Waals surface area contributed by atoms with Crippen molar-refractivity contribution in [2.24, 2.45) is 0 Å². The van der Waals surface area contributed by atoms with Gasteiger partial charge in [0.1, 0.15) is 19.0 Å². The van der Waals surface area contributed by atoms with Gasteiger partial charge in [-0.25, -0.2) is 0 Å². The molecule has 1 aromatic heterocycles. The zero-order valence-electron chi connectivity index (χ0n) is 16.1. The van der Waals surface area contributed by atoms with Crippen LogP contribution in [-0.2, 0) is 11.2 Å². The summed E-state index contributed by atoms with van der Waals surface area (Å²) < 4.78 is 16.7. The summed E-state index contributed by atoms with van der Waals surface area (Å²) in [5.74, 6) is 2.21. The van der Waals surface area contributed by atoms with E-state index >= 15 is 0 Å². The Bertz CT molecular complexity index is 964. The topological polar surface area (TPSA) is 51.9 Å². The molecule has 5 nitrogen and oxygen atoms in total. The lowest BCUT2D eigenvalue weighted by atomic mass is 10.1. The van der Waals surface area contributed by atoms with Crippen LogP contribution in [0.4, 0.5) is 5.69 Å². The molecule has 4 rings (SSSR count). The third-order valence-corrected chi connectivity index (χ3v) is 4.70. The number of hydrogen-bond acceptors (Lipinski definition) is 4. The molecule has 2 heterocycles. The van der Waals surface area contributed by atoms with Crippen LogP contribution in [0.2, 0.25) is 0 Å². The lowest BCUT2D eigenvalue weighted by Gasteiger charge is -2.24. The molecule has 0 unspecified atom stereocenters. The van der Waals surface area contributed by atoms with E-state index in [0.29, 0.717) is 44.1 Å². The molecule has 3 aromatic rings. The highest BCUT2D eigenvalue weighted by Crippen LogP contribution is 2.34. The van der Waals surface area contributed by atoms with Gasteiger partial charge in [0.25, 0.3) is 0 Å². The predicted octanol–water partition coefficient (Wildman–Crippen LogP) is 4.73. The SMILES string of the molecule is O=C(CCc1ccco1)N(CC=Cc1ccccc1)c1ccc2c(c1)OCCO2. The van der Waals surface area contributed by atoms with Crippen molar-refractivity contribution in [2.75, 3.05) is 24.7 Å². The summed E-state index contributed by atoms with van der Waals surface area (Å²) in [7, 11) is 0. The van der Waals surface area contributed by atoms with Crippen LogP contribution in [0, 0.1) is 0 Å². The second-order valence-corrected chi connectivity index (χ2v) is 6.72. The molecule has 2 aromatic carbocycles. The molecule has 0 bridgehead atoms. The van der Waals surface area contributed by atoms with Gasteiger partial charge in [-0.3, -0.25) is 4.79 Å². The number of rotatable bonds is 7. The number of benzene rings is 2. The third kappa shape index (κ3) is 4.88. The summed E-state index contributed by atoms with van der Waals surface area (Å²) in [6.07, 6.45) is 6.57. The average Bonchev–Trinajstić information content (AvgIpc) is 3.29. The first-order valence-corrected chi connectivity index (χ1v) is 9.73. The number of nitrogens with zero attached hydrogens (tertiary/aromatic N) is 1. The van der Waals surface area contributed by atoms with Crippen LogP contribution in [0.15, 0.2) is 77.4 Å². The largest absolute Gasteiger partial charge is 0.486 e.